The maximum absolute atomic E-state index is 11.5. The first-order chi connectivity index (χ1) is 8.02. The minimum atomic E-state index is -1.75. The second-order valence-electron chi connectivity index (χ2n) is 3.84. The number of carbonyl (C=O) groups is 1. The molecule has 1 saturated heterocycles. The largest absolute Gasteiger partial charge is 0.462 e. The maximum atomic E-state index is 11.5. The molecule has 1 heterocycles. The van der Waals surface area contributed by atoms with Gasteiger partial charge in [-0.15, -0.1) is 0 Å². The number of nitrogens with zero attached hydrogens (tertiary/aromatic N) is 2. The highest BCUT2D eigenvalue weighted by atomic mass is 32.2. The normalized spacial score (nSPS) is 19.1. The Morgan fingerprint density at radius 2 is 2.12 bits per heavy atom. The minimum Gasteiger partial charge on any atom is -0.462 e. The van der Waals surface area contributed by atoms with Crippen LogP contribution in [-0.4, -0.2) is 24.1 Å². The van der Waals surface area contributed by atoms with Crippen LogP contribution < -0.4 is 0 Å². The molecule has 0 unspecified atom stereocenters. The quantitative estimate of drug-likeness (QED) is 0.476. The maximum Gasteiger partial charge on any atom is 0.350 e. The summed E-state index contributed by atoms with van der Waals surface area (Å²) in [4.78, 5) is 11.5. The molecule has 0 amide bonds. The molecule has 1 aliphatic rings. The molecule has 0 bridgehead atoms. The second kappa shape index (κ2) is 5.82. The summed E-state index contributed by atoms with van der Waals surface area (Å²) in [5, 5.41) is 8.93. The van der Waals surface area contributed by atoms with Crippen LogP contribution in [0.3, 0.4) is 0 Å². The second-order valence-corrected chi connectivity index (χ2v) is 6.53. The van der Waals surface area contributed by atoms with Crippen molar-refractivity contribution in [2.75, 3.05) is 18.1 Å². The number of hydrogen-bond acceptors (Lipinski definition) is 5. The van der Waals surface area contributed by atoms with Crippen molar-refractivity contribution in [1.29, 1.82) is 10.0 Å². The van der Waals surface area contributed by atoms with Crippen LogP contribution in [0.4, 0.5) is 0 Å². The van der Waals surface area contributed by atoms with E-state index >= 15 is 0 Å². The third-order valence-electron chi connectivity index (χ3n) is 2.48. The van der Waals surface area contributed by atoms with Gasteiger partial charge in [0.25, 0.3) is 0 Å². The highest BCUT2D eigenvalue weighted by Gasteiger charge is 2.17. The van der Waals surface area contributed by atoms with E-state index in [4.69, 9.17) is 14.8 Å². The lowest BCUT2D eigenvalue weighted by Crippen LogP contribution is -2.09. The van der Waals surface area contributed by atoms with Gasteiger partial charge in [0.05, 0.1) is 12.3 Å². The lowest BCUT2D eigenvalue weighted by atomic mass is 10.2. The van der Waals surface area contributed by atoms with Crippen LogP contribution in [-0.2, 0) is 19.2 Å². The van der Waals surface area contributed by atoms with E-state index < -0.39 is 15.6 Å². The number of nitriles is 1. The molecule has 0 spiro atoms. The van der Waals surface area contributed by atoms with Crippen LogP contribution in [0.5, 0.6) is 0 Å². The molecule has 1 aliphatic heterocycles. The smallest absolute Gasteiger partial charge is 0.350 e. The molecule has 1 rings (SSSR count). The van der Waals surface area contributed by atoms with Gasteiger partial charge in [0.2, 0.25) is 0 Å². The summed E-state index contributed by atoms with van der Waals surface area (Å²) in [6.07, 6.45) is 2.02. The molecule has 0 saturated carbocycles. The molecule has 0 radical (unpaired) electrons. The van der Waals surface area contributed by atoms with Gasteiger partial charge < -0.3 is 4.74 Å². The molecule has 1 N–H and O–H groups in total. The summed E-state index contributed by atoms with van der Waals surface area (Å²) in [5.41, 5.74) is 0.274. The number of rotatable bonds is 3. The molecule has 6 heteroatoms. The van der Waals surface area contributed by atoms with Gasteiger partial charge in [-0.05, 0) is 26.7 Å². The first kappa shape index (κ1) is 13.7. The Balaban J connectivity index is 3.07. The monoisotopic (exact) mass is 255 g/mol. The fraction of sp³-hybridized carbons (Fsp3) is 0.636. The van der Waals surface area contributed by atoms with Crippen molar-refractivity contribution in [1.82, 2.24) is 0 Å². The minimum absolute atomic E-state index is 0.0714. The summed E-state index contributed by atoms with van der Waals surface area (Å²) in [6.45, 7) is 3.53. The molecule has 17 heavy (non-hydrogen) atoms. The lowest BCUT2D eigenvalue weighted by Gasteiger charge is -2.06. The van der Waals surface area contributed by atoms with E-state index in [1.807, 2.05) is 6.07 Å². The van der Waals surface area contributed by atoms with Crippen LogP contribution in [0, 0.1) is 16.1 Å². The number of hydrogen-bond donors (Lipinski definition) is 1. The van der Waals surface area contributed by atoms with Crippen LogP contribution in [0.25, 0.3) is 0 Å². The summed E-state index contributed by atoms with van der Waals surface area (Å²) in [7, 11) is -1.75. The zero-order chi connectivity index (χ0) is 12.9. The van der Waals surface area contributed by atoms with Crippen LogP contribution in [0.1, 0.15) is 26.7 Å². The highest BCUT2D eigenvalue weighted by Crippen LogP contribution is 2.18. The Labute approximate surface area is 102 Å². The zero-order valence-electron chi connectivity index (χ0n) is 10.2. The van der Waals surface area contributed by atoms with Crippen LogP contribution in [0.15, 0.2) is 15.6 Å². The van der Waals surface area contributed by atoms with Crippen molar-refractivity contribution in [3.05, 3.63) is 11.3 Å². The van der Waals surface area contributed by atoms with E-state index in [1.54, 1.807) is 13.8 Å². The molecule has 0 aliphatic carbocycles. The van der Waals surface area contributed by atoms with Crippen molar-refractivity contribution in [2.24, 2.45) is 4.36 Å². The molecule has 5 nitrogen and oxygen atoms in total. The average Bonchev–Trinajstić information content (AvgIpc) is 2.66. The molecule has 1 fully saturated rings. The number of esters is 1. The molecule has 0 aromatic rings. The van der Waals surface area contributed by atoms with Crippen molar-refractivity contribution in [3.63, 3.8) is 0 Å². The van der Waals surface area contributed by atoms with Gasteiger partial charge in [0, 0.05) is 11.5 Å². The van der Waals surface area contributed by atoms with Gasteiger partial charge in [-0.2, -0.15) is 5.26 Å². The summed E-state index contributed by atoms with van der Waals surface area (Å²) >= 11 is 0. The number of allylic oxidation sites excluding steroid dienone is 1. The fourth-order valence-electron chi connectivity index (χ4n) is 1.66. The first-order valence-corrected chi connectivity index (χ1v) is 7.49. The summed E-state index contributed by atoms with van der Waals surface area (Å²) in [6, 6.07) is 1.82. The van der Waals surface area contributed by atoms with Crippen molar-refractivity contribution < 1.29 is 9.53 Å². The number of carbonyl (C=O) groups excluding carboxylic acids is 1. The Morgan fingerprint density at radius 1 is 1.53 bits per heavy atom. The third kappa shape index (κ3) is 3.56. The topological polar surface area (TPSA) is 86.3 Å². The van der Waals surface area contributed by atoms with Crippen molar-refractivity contribution in [3.8, 4) is 6.07 Å². The van der Waals surface area contributed by atoms with E-state index in [-0.39, 0.29) is 12.2 Å². The SMILES string of the molecule is CCOC(=O)/C(C#N)=C(/C)N=S1(=N)CCCC1. The van der Waals surface area contributed by atoms with E-state index in [9.17, 15) is 4.79 Å². The van der Waals surface area contributed by atoms with Crippen LogP contribution >= 0.6 is 0 Å². The fourth-order valence-corrected chi connectivity index (χ4v) is 4.03. The average molecular weight is 255 g/mol. The predicted molar refractivity (Wildman–Crippen MR) is 66.4 cm³/mol. The first-order valence-electron chi connectivity index (χ1n) is 5.57. The summed E-state index contributed by atoms with van der Waals surface area (Å²) < 4.78 is 17.2. The van der Waals surface area contributed by atoms with Gasteiger partial charge in [-0.3, -0.25) is 4.78 Å². The number of ether oxygens (including phenoxy) is 1. The van der Waals surface area contributed by atoms with E-state index in [0.717, 1.165) is 24.3 Å². The number of nitrogens with one attached hydrogen (secondary N) is 1. The van der Waals surface area contributed by atoms with Crippen molar-refractivity contribution in [2.45, 2.75) is 26.7 Å². The third-order valence-corrected chi connectivity index (χ3v) is 5.03. The molecule has 0 atom stereocenters. The van der Waals surface area contributed by atoms with Gasteiger partial charge in [0.1, 0.15) is 6.07 Å². The standard InChI is InChI=1S/C11H17N3O2S/c1-3-16-11(15)10(8-12)9(2)14-17(13)6-4-5-7-17/h13H,3-7H2,1-2H3/b10-9-. The molecule has 0 aromatic heterocycles. The molecule has 0 aromatic carbocycles. The Bertz CT molecular complexity index is 481. The van der Waals surface area contributed by atoms with Crippen molar-refractivity contribution >= 4 is 15.6 Å². The van der Waals surface area contributed by atoms with Gasteiger partial charge in [0.15, 0.2) is 5.57 Å². The predicted octanol–water partition coefficient (Wildman–Crippen LogP) is 2.24. The Hall–Kier alpha value is -1.35. The van der Waals surface area contributed by atoms with Gasteiger partial charge >= 0.3 is 5.97 Å². The zero-order valence-corrected chi connectivity index (χ0v) is 11.0. The van der Waals surface area contributed by atoms with Crippen LogP contribution in [0.2, 0.25) is 0 Å². The molecular weight excluding hydrogens is 238 g/mol. The Kier molecular flexibility index (Phi) is 4.70. The molecular formula is C11H17N3O2S. The highest BCUT2D eigenvalue weighted by molar-refractivity contribution is 7.94. The van der Waals surface area contributed by atoms with E-state index in [0.29, 0.717) is 5.70 Å². The molecule has 94 valence electrons. The van der Waals surface area contributed by atoms with E-state index in [1.165, 1.54) is 0 Å². The van der Waals surface area contributed by atoms with E-state index in [2.05, 4.69) is 4.36 Å². The van der Waals surface area contributed by atoms with Gasteiger partial charge in [-0.25, -0.2) is 9.16 Å². The Morgan fingerprint density at radius 3 is 2.59 bits per heavy atom. The lowest BCUT2D eigenvalue weighted by molar-refractivity contribution is -0.138. The summed E-state index contributed by atoms with van der Waals surface area (Å²) in [5.74, 6) is 0.898. The van der Waals surface area contributed by atoms with Gasteiger partial charge in [-0.1, -0.05) is 9.62 Å².